The summed E-state index contributed by atoms with van der Waals surface area (Å²) >= 11 is 0. The van der Waals surface area contributed by atoms with Gasteiger partial charge in [0.15, 0.2) is 16.6 Å². The van der Waals surface area contributed by atoms with Gasteiger partial charge in [0.25, 0.3) is 0 Å². The first-order chi connectivity index (χ1) is 13.8. The minimum atomic E-state index is -4.23. The predicted molar refractivity (Wildman–Crippen MR) is 141 cm³/mol. The summed E-state index contributed by atoms with van der Waals surface area (Å²) in [6, 6.07) is 0.523. The van der Waals surface area contributed by atoms with E-state index in [1.54, 1.807) is 0 Å². The van der Waals surface area contributed by atoms with Crippen LogP contribution < -0.4 is 0 Å². The molecule has 0 heterocycles. The third-order valence-corrected chi connectivity index (χ3v) is 23.7. The van der Waals surface area contributed by atoms with Gasteiger partial charge in [-0.1, -0.05) is 6.92 Å². The fraction of sp³-hybridized carbons (Fsp3) is 1.00. The lowest BCUT2D eigenvalue weighted by Gasteiger charge is -2.50. The lowest BCUT2D eigenvalue weighted by molar-refractivity contribution is -0.131. The van der Waals surface area contributed by atoms with Crippen molar-refractivity contribution in [1.29, 1.82) is 0 Å². The van der Waals surface area contributed by atoms with E-state index in [0.29, 0.717) is 6.04 Å². The second kappa shape index (κ2) is 10.8. The molecule has 0 rings (SSSR count). The van der Waals surface area contributed by atoms with Crippen LogP contribution in [0.5, 0.6) is 0 Å². The van der Waals surface area contributed by atoms with Crippen LogP contribution in [0.2, 0.25) is 77.6 Å². The van der Waals surface area contributed by atoms with E-state index in [-0.39, 0.29) is 6.04 Å². The minimum Gasteiger partial charge on any atom is -0.454 e. The Hall–Kier alpha value is 0.714. The van der Waals surface area contributed by atoms with Crippen molar-refractivity contribution in [2.45, 2.75) is 129 Å². The molecular formula is C20H49F3O4Si5. The van der Waals surface area contributed by atoms with E-state index < -0.39 is 65.4 Å². The Balaban J connectivity index is 6.13. The molecule has 0 spiro atoms. The summed E-state index contributed by atoms with van der Waals surface area (Å²) in [5, 5.41) is -0.649. The van der Waals surface area contributed by atoms with Gasteiger partial charge >= 0.3 is 14.7 Å². The van der Waals surface area contributed by atoms with E-state index in [1.807, 2.05) is 40.8 Å². The standard InChI is InChI=1S/C20H49F3O4Si5/c1-15-32(17-16-20(21,22)23,18(2)24-31(13,14)27-29(8,9)10)25-19(3,4)30(11,12)26-28(5,6)7/h18H,15-17H2,1-14H3. The molecule has 12 heteroatoms. The predicted octanol–water partition coefficient (Wildman–Crippen LogP) is 7.79. The maximum atomic E-state index is 13.3. The topological polar surface area (TPSA) is 36.9 Å². The molecule has 0 fully saturated rings. The summed E-state index contributed by atoms with van der Waals surface area (Å²) in [6.07, 6.45) is -5.09. The van der Waals surface area contributed by atoms with E-state index in [4.69, 9.17) is 17.1 Å². The molecule has 0 amide bonds. The van der Waals surface area contributed by atoms with Crippen LogP contribution in [0.25, 0.3) is 0 Å². The monoisotopic (exact) mass is 550 g/mol. The van der Waals surface area contributed by atoms with Crippen molar-refractivity contribution in [2.24, 2.45) is 0 Å². The van der Waals surface area contributed by atoms with Gasteiger partial charge in [-0.15, -0.1) is 0 Å². The fourth-order valence-corrected chi connectivity index (χ4v) is 24.9. The normalized spacial score (nSPS) is 17.9. The number of halogens is 3. The maximum Gasteiger partial charge on any atom is 0.388 e. The van der Waals surface area contributed by atoms with Gasteiger partial charge in [-0.25, -0.2) is 0 Å². The highest BCUT2D eigenvalue weighted by molar-refractivity contribution is 6.87. The zero-order valence-electron chi connectivity index (χ0n) is 23.0. The second-order valence-corrected chi connectivity index (χ2v) is 33.9. The van der Waals surface area contributed by atoms with Gasteiger partial charge in [-0.3, -0.25) is 0 Å². The van der Waals surface area contributed by atoms with E-state index in [1.165, 1.54) is 0 Å². The third-order valence-electron chi connectivity index (χ3n) is 5.65. The lowest BCUT2D eigenvalue weighted by Crippen LogP contribution is -2.66. The van der Waals surface area contributed by atoms with E-state index in [9.17, 15) is 13.2 Å². The molecule has 4 nitrogen and oxygen atoms in total. The molecule has 0 saturated heterocycles. The zero-order valence-corrected chi connectivity index (χ0v) is 28.0. The summed E-state index contributed by atoms with van der Waals surface area (Å²) in [6.45, 7) is 28.8. The van der Waals surface area contributed by atoms with E-state index in [2.05, 4.69) is 52.4 Å². The molecule has 0 aromatic rings. The van der Waals surface area contributed by atoms with Crippen molar-refractivity contribution in [2.75, 3.05) is 0 Å². The van der Waals surface area contributed by atoms with Crippen molar-refractivity contribution in [1.82, 2.24) is 0 Å². The smallest absolute Gasteiger partial charge is 0.388 e. The second-order valence-electron chi connectivity index (χ2n) is 12.2. The molecule has 0 aliphatic rings. The fourth-order valence-electron chi connectivity index (χ4n) is 4.04. The van der Waals surface area contributed by atoms with Gasteiger partial charge in [-0.2, -0.15) is 13.2 Å². The maximum absolute atomic E-state index is 13.3. The average Bonchev–Trinajstić information content (AvgIpc) is 2.44. The molecule has 0 saturated carbocycles. The number of rotatable bonds is 13. The van der Waals surface area contributed by atoms with Crippen LogP contribution in [-0.2, 0) is 17.1 Å². The van der Waals surface area contributed by atoms with Crippen LogP contribution in [0.3, 0.4) is 0 Å². The molecule has 194 valence electrons. The highest BCUT2D eigenvalue weighted by Crippen LogP contribution is 2.39. The molecule has 0 aliphatic heterocycles. The summed E-state index contributed by atoms with van der Waals surface area (Å²) < 4.78 is 66.3. The van der Waals surface area contributed by atoms with E-state index in [0.717, 1.165) is 0 Å². The summed E-state index contributed by atoms with van der Waals surface area (Å²) in [4.78, 5) is 0. The van der Waals surface area contributed by atoms with Crippen LogP contribution in [-0.4, -0.2) is 59.0 Å². The molecule has 0 aliphatic carbocycles. The molecule has 0 N–H and O–H groups in total. The van der Waals surface area contributed by atoms with Crippen LogP contribution in [0.4, 0.5) is 13.2 Å². The number of hydrogen-bond acceptors (Lipinski definition) is 4. The van der Waals surface area contributed by atoms with E-state index >= 15 is 0 Å². The van der Waals surface area contributed by atoms with Gasteiger partial charge in [0, 0.05) is 6.42 Å². The molecule has 0 radical (unpaired) electrons. The Morgan fingerprint density at radius 3 is 1.56 bits per heavy atom. The summed E-state index contributed by atoms with van der Waals surface area (Å²) in [5.41, 5.74) is -0.413. The first kappa shape index (κ1) is 32.7. The Morgan fingerprint density at radius 1 is 0.781 bits per heavy atom. The third kappa shape index (κ3) is 11.4. The van der Waals surface area contributed by atoms with Crippen molar-refractivity contribution in [3.63, 3.8) is 0 Å². The Kier molecular flexibility index (Phi) is 11.0. The van der Waals surface area contributed by atoms with Crippen LogP contribution in [0.1, 0.15) is 34.1 Å². The Bertz CT molecular complexity index is 602. The van der Waals surface area contributed by atoms with Crippen molar-refractivity contribution in [3.05, 3.63) is 0 Å². The molecule has 2 atom stereocenters. The van der Waals surface area contributed by atoms with Crippen molar-refractivity contribution in [3.8, 4) is 0 Å². The first-order valence-corrected chi connectivity index (χ1v) is 26.6. The molecule has 0 aromatic heterocycles. The summed E-state index contributed by atoms with van der Waals surface area (Å²) in [7, 11) is -11.6. The summed E-state index contributed by atoms with van der Waals surface area (Å²) in [5.74, 6) is 0. The number of alkyl halides is 3. The lowest BCUT2D eigenvalue weighted by atomic mass is 10.5. The van der Waals surface area contributed by atoms with Crippen LogP contribution in [0.15, 0.2) is 0 Å². The molecular weight excluding hydrogens is 502 g/mol. The van der Waals surface area contributed by atoms with Gasteiger partial charge in [-0.05, 0) is 98.3 Å². The quantitative estimate of drug-likeness (QED) is 0.219. The van der Waals surface area contributed by atoms with Crippen LogP contribution in [0, 0.1) is 0 Å². The first-order valence-electron chi connectivity index (χ1n) is 11.6. The Morgan fingerprint density at radius 2 is 1.22 bits per heavy atom. The highest BCUT2D eigenvalue weighted by Gasteiger charge is 2.54. The van der Waals surface area contributed by atoms with Crippen LogP contribution >= 0.6 is 0 Å². The van der Waals surface area contributed by atoms with Gasteiger partial charge < -0.3 is 17.1 Å². The van der Waals surface area contributed by atoms with Gasteiger partial charge in [0.05, 0.1) is 11.0 Å². The Labute approximate surface area is 200 Å². The van der Waals surface area contributed by atoms with Gasteiger partial charge in [0.1, 0.15) is 0 Å². The molecule has 32 heavy (non-hydrogen) atoms. The largest absolute Gasteiger partial charge is 0.454 e. The van der Waals surface area contributed by atoms with Gasteiger partial charge in [0.2, 0.25) is 16.6 Å². The minimum absolute atomic E-state index is 0.0214. The molecule has 0 aromatic carbocycles. The van der Waals surface area contributed by atoms with Crippen molar-refractivity contribution < 1.29 is 30.3 Å². The SMILES string of the molecule is CC[Si](CCC(F)(F)F)(OC(C)(C)[Si](C)(C)O[Si](C)(C)C)C(C)O[Si](C)(C)O[Si](C)(C)C. The molecule has 0 bridgehead atoms. The van der Waals surface area contributed by atoms with Crippen molar-refractivity contribution >= 4 is 41.8 Å². The number of hydrogen-bond donors (Lipinski definition) is 0. The molecule has 2 unspecified atom stereocenters. The highest BCUT2D eigenvalue weighted by atomic mass is 28.4. The zero-order chi connectivity index (χ0) is 26.0. The average molecular weight is 551 g/mol.